The van der Waals surface area contributed by atoms with E-state index in [4.69, 9.17) is 5.11 Å². The van der Waals surface area contributed by atoms with Crippen LogP contribution in [0.15, 0.2) is 54.6 Å². The van der Waals surface area contributed by atoms with Crippen LogP contribution in [-0.4, -0.2) is 17.0 Å². The number of rotatable bonds is 7. The molecule has 2 aromatic rings. The Bertz CT molecular complexity index is 721. The molecule has 0 aliphatic heterocycles. The maximum atomic E-state index is 12.8. The minimum Gasteiger partial charge on any atom is -0.481 e. The highest BCUT2D eigenvalue weighted by Gasteiger charge is 2.01. The van der Waals surface area contributed by atoms with Gasteiger partial charge >= 0.3 is 5.97 Å². The van der Waals surface area contributed by atoms with Crippen molar-refractivity contribution in [2.45, 2.75) is 19.3 Å². The average molecular weight is 327 g/mol. The SMILES string of the molecule is O=C(O)CCCc1ccc(NC(=O)C=Cc2ccc(F)cc2)cc1. The Balaban J connectivity index is 1.85. The number of hydrogen-bond donors (Lipinski definition) is 2. The standard InChI is InChI=1S/C19H18FNO3/c20-16-9-4-15(5-10-16)8-13-18(22)21-17-11-6-14(7-12-17)2-1-3-19(23)24/h4-13H,1-3H2,(H,21,22)(H,23,24). The van der Waals surface area contributed by atoms with E-state index in [2.05, 4.69) is 5.32 Å². The highest BCUT2D eigenvalue weighted by atomic mass is 19.1. The summed E-state index contributed by atoms with van der Waals surface area (Å²) >= 11 is 0. The molecule has 0 saturated carbocycles. The lowest BCUT2D eigenvalue weighted by molar-refractivity contribution is -0.137. The fraction of sp³-hybridized carbons (Fsp3) is 0.158. The Morgan fingerprint density at radius 3 is 2.33 bits per heavy atom. The Hall–Kier alpha value is -2.95. The Morgan fingerprint density at radius 2 is 1.71 bits per heavy atom. The Labute approximate surface area is 139 Å². The van der Waals surface area contributed by atoms with Crippen LogP contribution in [0.5, 0.6) is 0 Å². The number of amides is 1. The summed E-state index contributed by atoms with van der Waals surface area (Å²) in [5.41, 5.74) is 2.42. The highest BCUT2D eigenvalue weighted by Crippen LogP contribution is 2.12. The van der Waals surface area contributed by atoms with E-state index in [-0.39, 0.29) is 18.1 Å². The highest BCUT2D eigenvalue weighted by molar-refractivity contribution is 6.01. The zero-order valence-corrected chi connectivity index (χ0v) is 13.0. The molecule has 0 saturated heterocycles. The summed E-state index contributed by atoms with van der Waals surface area (Å²) in [7, 11) is 0. The van der Waals surface area contributed by atoms with E-state index < -0.39 is 5.97 Å². The second-order valence-electron chi connectivity index (χ2n) is 5.32. The van der Waals surface area contributed by atoms with E-state index in [0.717, 1.165) is 11.1 Å². The molecule has 0 radical (unpaired) electrons. The quantitative estimate of drug-likeness (QED) is 0.758. The van der Waals surface area contributed by atoms with Gasteiger partial charge in [-0.3, -0.25) is 9.59 Å². The maximum absolute atomic E-state index is 12.8. The van der Waals surface area contributed by atoms with Gasteiger partial charge in [0.1, 0.15) is 5.82 Å². The smallest absolute Gasteiger partial charge is 0.303 e. The Morgan fingerprint density at radius 1 is 1.04 bits per heavy atom. The van der Waals surface area contributed by atoms with E-state index in [1.54, 1.807) is 30.3 Å². The lowest BCUT2D eigenvalue weighted by Gasteiger charge is -2.04. The summed E-state index contributed by atoms with van der Waals surface area (Å²) in [4.78, 5) is 22.3. The van der Waals surface area contributed by atoms with Gasteiger partial charge in [0.15, 0.2) is 0 Å². The minimum atomic E-state index is -0.799. The third-order valence-corrected chi connectivity index (χ3v) is 3.37. The zero-order chi connectivity index (χ0) is 17.4. The second-order valence-corrected chi connectivity index (χ2v) is 5.32. The molecule has 0 spiro atoms. The monoisotopic (exact) mass is 327 g/mol. The number of carbonyl (C=O) groups excluding carboxylic acids is 1. The van der Waals surface area contributed by atoms with Crippen LogP contribution in [0.2, 0.25) is 0 Å². The molecule has 2 aromatic carbocycles. The number of hydrogen-bond acceptors (Lipinski definition) is 2. The first-order valence-corrected chi connectivity index (χ1v) is 7.58. The van der Waals surface area contributed by atoms with Crippen molar-refractivity contribution in [2.24, 2.45) is 0 Å². The zero-order valence-electron chi connectivity index (χ0n) is 13.0. The van der Waals surface area contributed by atoms with Crippen molar-refractivity contribution in [1.82, 2.24) is 0 Å². The molecule has 4 nitrogen and oxygen atoms in total. The van der Waals surface area contributed by atoms with Gasteiger partial charge in [0.2, 0.25) is 5.91 Å². The fourth-order valence-corrected chi connectivity index (χ4v) is 2.13. The number of carboxylic acids is 1. The van der Waals surface area contributed by atoms with E-state index in [1.165, 1.54) is 18.2 Å². The molecular weight excluding hydrogens is 309 g/mol. The topological polar surface area (TPSA) is 66.4 Å². The van der Waals surface area contributed by atoms with Gasteiger partial charge in [-0.1, -0.05) is 24.3 Å². The molecule has 0 heterocycles. The fourth-order valence-electron chi connectivity index (χ4n) is 2.13. The molecule has 0 unspecified atom stereocenters. The number of anilines is 1. The van der Waals surface area contributed by atoms with Crippen molar-refractivity contribution in [1.29, 1.82) is 0 Å². The molecule has 0 aromatic heterocycles. The van der Waals surface area contributed by atoms with E-state index in [9.17, 15) is 14.0 Å². The third-order valence-electron chi connectivity index (χ3n) is 3.37. The third kappa shape index (κ3) is 6.04. The number of nitrogens with one attached hydrogen (secondary N) is 1. The lowest BCUT2D eigenvalue weighted by Crippen LogP contribution is -2.07. The van der Waals surface area contributed by atoms with E-state index >= 15 is 0 Å². The predicted octanol–water partition coefficient (Wildman–Crippen LogP) is 3.88. The maximum Gasteiger partial charge on any atom is 0.303 e. The van der Waals surface area contributed by atoms with Crippen molar-refractivity contribution in [3.63, 3.8) is 0 Å². The number of carbonyl (C=O) groups is 2. The molecular formula is C19H18FNO3. The number of aryl methyl sites for hydroxylation is 1. The molecule has 0 aliphatic rings. The van der Waals surface area contributed by atoms with Crippen molar-refractivity contribution in [3.05, 3.63) is 71.6 Å². The number of benzene rings is 2. The van der Waals surface area contributed by atoms with Crippen LogP contribution in [0.25, 0.3) is 6.08 Å². The molecule has 0 bridgehead atoms. The molecule has 0 aliphatic carbocycles. The number of halogens is 1. The van der Waals surface area contributed by atoms with E-state index in [1.807, 2.05) is 12.1 Å². The van der Waals surface area contributed by atoms with Crippen molar-refractivity contribution < 1.29 is 19.1 Å². The molecule has 24 heavy (non-hydrogen) atoms. The first kappa shape index (κ1) is 17.4. The minimum absolute atomic E-state index is 0.146. The van der Waals surface area contributed by atoms with Gasteiger partial charge < -0.3 is 10.4 Å². The molecule has 0 atom stereocenters. The van der Waals surface area contributed by atoms with Gasteiger partial charge in [-0.05, 0) is 54.3 Å². The first-order chi connectivity index (χ1) is 11.5. The Kier molecular flexibility index (Phi) is 6.25. The predicted molar refractivity (Wildman–Crippen MR) is 91.1 cm³/mol. The van der Waals surface area contributed by atoms with Crippen LogP contribution in [-0.2, 0) is 16.0 Å². The first-order valence-electron chi connectivity index (χ1n) is 7.58. The summed E-state index contributed by atoms with van der Waals surface area (Å²) in [6, 6.07) is 13.1. The number of carboxylic acid groups (broad SMARTS) is 1. The summed E-state index contributed by atoms with van der Waals surface area (Å²) < 4.78 is 12.8. The van der Waals surface area contributed by atoms with Crippen LogP contribution >= 0.6 is 0 Å². The van der Waals surface area contributed by atoms with Crippen LogP contribution in [0.3, 0.4) is 0 Å². The van der Waals surface area contributed by atoms with Gasteiger partial charge in [-0.25, -0.2) is 4.39 Å². The summed E-state index contributed by atoms with van der Waals surface area (Å²) in [5.74, 6) is -1.40. The van der Waals surface area contributed by atoms with Gasteiger partial charge in [-0.15, -0.1) is 0 Å². The second kappa shape index (κ2) is 8.62. The van der Waals surface area contributed by atoms with Gasteiger partial charge in [-0.2, -0.15) is 0 Å². The largest absolute Gasteiger partial charge is 0.481 e. The van der Waals surface area contributed by atoms with Gasteiger partial charge in [0, 0.05) is 18.2 Å². The lowest BCUT2D eigenvalue weighted by atomic mass is 10.1. The molecule has 124 valence electrons. The molecule has 2 rings (SSSR count). The summed E-state index contributed by atoms with van der Waals surface area (Å²) in [6.45, 7) is 0. The van der Waals surface area contributed by atoms with E-state index in [0.29, 0.717) is 18.5 Å². The van der Waals surface area contributed by atoms with Gasteiger partial charge in [0.25, 0.3) is 0 Å². The van der Waals surface area contributed by atoms with Gasteiger partial charge in [0.05, 0.1) is 0 Å². The summed E-state index contributed by atoms with van der Waals surface area (Å²) in [6.07, 6.45) is 4.40. The average Bonchev–Trinajstić information content (AvgIpc) is 2.56. The van der Waals surface area contributed by atoms with Crippen LogP contribution in [0.1, 0.15) is 24.0 Å². The van der Waals surface area contributed by atoms with Crippen LogP contribution in [0.4, 0.5) is 10.1 Å². The number of aliphatic carboxylic acids is 1. The molecule has 2 N–H and O–H groups in total. The van der Waals surface area contributed by atoms with Crippen molar-refractivity contribution >= 4 is 23.6 Å². The normalized spacial score (nSPS) is 10.7. The summed E-state index contributed by atoms with van der Waals surface area (Å²) in [5, 5.41) is 11.3. The molecule has 5 heteroatoms. The van der Waals surface area contributed by atoms with Crippen LogP contribution < -0.4 is 5.32 Å². The molecule has 1 amide bonds. The van der Waals surface area contributed by atoms with Crippen molar-refractivity contribution in [3.8, 4) is 0 Å². The van der Waals surface area contributed by atoms with Crippen LogP contribution in [0, 0.1) is 5.82 Å². The van der Waals surface area contributed by atoms with Crippen molar-refractivity contribution in [2.75, 3.05) is 5.32 Å². The molecule has 0 fully saturated rings.